The van der Waals surface area contributed by atoms with E-state index in [-0.39, 0.29) is 5.82 Å². The molecule has 0 amide bonds. The third-order valence-electron chi connectivity index (χ3n) is 4.63. The Balaban J connectivity index is 2.08. The van der Waals surface area contributed by atoms with Crippen LogP contribution in [0.4, 0.5) is 4.39 Å². The fourth-order valence-corrected chi connectivity index (χ4v) is 3.01. The Morgan fingerprint density at radius 2 is 2.00 bits per heavy atom. The van der Waals surface area contributed by atoms with Gasteiger partial charge in [-0.25, -0.2) is 4.39 Å². The zero-order valence-corrected chi connectivity index (χ0v) is 12.9. The number of halogens is 1. The second-order valence-electron chi connectivity index (χ2n) is 6.02. The van der Waals surface area contributed by atoms with Crippen molar-refractivity contribution >= 4 is 0 Å². The van der Waals surface area contributed by atoms with Crippen molar-refractivity contribution in [3.05, 3.63) is 35.6 Å². The molecule has 0 aliphatic carbocycles. The lowest BCUT2D eigenvalue weighted by molar-refractivity contribution is 0.0832. The molecule has 20 heavy (non-hydrogen) atoms. The molecular formula is C17H27FN2. The van der Waals surface area contributed by atoms with Crippen LogP contribution in [0, 0.1) is 11.7 Å². The maximum atomic E-state index is 13.0. The summed E-state index contributed by atoms with van der Waals surface area (Å²) in [7, 11) is 0. The number of hydrogen-bond donors (Lipinski definition) is 1. The number of rotatable bonds is 5. The Hall–Kier alpha value is -0.930. The molecule has 3 atom stereocenters. The highest BCUT2D eigenvalue weighted by Gasteiger charge is 2.29. The van der Waals surface area contributed by atoms with Gasteiger partial charge in [0.1, 0.15) is 5.82 Å². The molecule has 2 rings (SSSR count). The second-order valence-corrected chi connectivity index (χ2v) is 6.02. The largest absolute Gasteiger partial charge is 0.311 e. The van der Waals surface area contributed by atoms with Crippen LogP contribution >= 0.6 is 0 Å². The van der Waals surface area contributed by atoms with Crippen molar-refractivity contribution in [1.29, 1.82) is 0 Å². The highest BCUT2D eigenvalue weighted by atomic mass is 19.1. The van der Waals surface area contributed by atoms with Gasteiger partial charge in [-0.3, -0.25) is 4.90 Å². The Morgan fingerprint density at radius 1 is 1.30 bits per heavy atom. The average Bonchev–Trinajstić information content (AvgIpc) is 2.48. The van der Waals surface area contributed by atoms with Gasteiger partial charge in [-0.1, -0.05) is 39.3 Å². The SMILES string of the molecule is CCC1CN(Cc2ccc(F)cc2)C(C(C)CC)CN1. The molecule has 2 nitrogen and oxygen atoms in total. The van der Waals surface area contributed by atoms with E-state index in [1.807, 2.05) is 12.1 Å². The van der Waals surface area contributed by atoms with E-state index in [1.54, 1.807) is 12.1 Å². The van der Waals surface area contributed by atoms with Crippen LogP contribution in [0.15, 0.2) is 24.3 Å². The van der Waals surface area contributed by atoms with Gasteiger partial charge in [0, 0.05) is 31.7 Å². The van der Waals surface area contributed by atoms with Crippen LogP contribution in [-0.2, 0) is 6.54 Å². The van der Waals surface area contributed by atoms with Crippen LogP contribution in [0.5, 0.6) is 0 Å². The topological polar surface area (TPSA) is 15.3 Å². The van der Waals surface area contributed by atoms with E-state index in [1.165, 1.54) is 12.0 Å². The fraction of sp³-hybridized carbons (Fsp3) is 0.647. The van der Waals surface area contributed by atoms with E-state index in [0.29, 0.717) is 18.0 Å². The van der Waals surface area contributed by atoms with Crippen molar-refractivity contribution in [3.8, 4) is 0 Å². The number of hydrogen-bond acceptors (Lipinski definition) is 2. The van der Waals surface area contributed by atoms with Gasteiger partial charge in [0.2, 0.25) is 0 Å². The predicted molar refractivity (Wildman–Crippen MR) is 82.1 cm³/mol. The molecule has 1 N–H and O–H groups in total. The Kier molecular flexibility index (Phi) is 5.55. The molecule has 1 aliphatic rings. The monoisotopic (exact) mass is 278 g/mol. The van der Waals surface area contributed by atoms with Crippen LogP contribution in [0.2, 0.25) is 0 Å². The summed E-state index contributed by atoms with van der Waals surface area (Å²) in [6.07, 6.45) is 2.36. The number of nitrogens with zero attached hydrogens (tertiary/aromatic N) is 1. The molecule has 0 saturated carbocycles. The summed E-state index contributed by atoms with van der Waals surface area (Å²) in [5.74, 6) is 0.528. The minimum Gasteiger partial charge on any atom is -0.311 e. The first-order valence-corrected chi connectivity index (χ1v) is 7.85. The van der Waals surface area contributed by atoms with Crippen LogP contribution in [-0.4, -0.2) is 30.1 Å². The average molecular weight is 278 g/mol. The molecule has 3 heteroatoms. The summed E-state index contributed by atoms with van der Waals surface area (Å²) >= 11 is 0. The Morgan fingerprint density at radius 3 is 2.60 bits per heavy atom. The quantitative estimate of drug-likeness (QED) is 0.888. The lowest BCUT2D eigenvalue weighted by Gasteiger charge is -2.43. The fourth-order valence-electron chi connectivity index (χ4n) is 3.01. The molecule has 1 heterocycles. The highest BCUT2D eigenvalue weighted by molar-refractivity contribution is 5.16. The number of nitrogens with one attached hydrogen (secondary N) is 1. The molecule has 0 bridgehead atoms. The Labute approximate surface area is 122 Å². The number of piperazine rings is 1. The summed E-state index contributed by atoms with van der Waals surface area (Å²) in [5.41, 5.74) is 1.21. The van der Waals surface area contributed by atoms with E-state index >= 15 is 0 Å². The first-order valence-electron chi connectivity index (χ1n) is 7.85. The molecule has 1 saturated heterocycles. The minimum absolute atomic E-state index is 0.154. The van der Waals surface area contributed by atoms with Gasteiger partial charge in [-0.05, 0) is 30.0 Å². The zero-order valence-electron chi connectivity index (χ0n) is 12.9. The summed E-state index contributed by atoms with van der Waals surface area (Å²) in [4.78, 5) is 2.58. The van der Waals surface area contributed by atoms with Gasteiger partial charge in [0.25, 0.3) is 0 Å². The van der Waals surface area contributed by atoms with Crippen molar-refractivity contribution < 1.29 is 4.39 Å². The van der Waals surface area contributed by atoms with Gasteiger partial charge in [0.05, 0.1) is 0 Å². The molecule has 1 aromatic carbocycles. The molecule has 0 aromatic heterocycles. The summed E-state index contributed by atoms with van der Waals surface area (Å²) < 4.78 is 13.0. The lowest BCUT2D eigenvalue weighted by Crippen LogP contribution is -2.57. The third-order valence-corrected chi connectivity index (χ3v) is 4.63. The van der Waals surface area contributed by atoms with Gasteiger partial charge < -0.3 is 5.32 Å². The van der Waals surface area contributed by atoms with Crippen LogP contribution in [0.3, 0.4) is 0 Å². The van der Waals surface area contributed by atoms with E-state index in [4.69, 9.17) is 0 Å². The predicted octanol–water partition coefficient (Wildman–Crippen LogP) is 3.42. The summed E-state index contributed by atoms with van der Waals surface area (Å²) in [6.45, 7) is 9.89. The molecule has 1 fully saturated rings. The molecule has 1 aromatic rings. The van der Waals surface area contributed by atoms with E-state index in [9.17, 15) is 4.39 Å². The third kappa shape index (κ3) is 3.80. The molecule has 3 unspecified atom stereocenters. The van der Waals surface area contributed by atoms with Crippen molar-refractivity contribution in [3.63, 3.8) is 0 Å². The molecule has 0 radical (unpaired) electrons. The summed E-state index contributed by atoms with van der Waals surface area (Å²) in [5, 5.41) is 3.66. The van der Waals surface area contributed by atoms with Crippen molar-refractivity contribution in [1.82, 2.24) is 10.2 Å². The first kappa shape index (κ1) is 15.5. The van der Waals surface area contributed by atoms with Gasteiger partial charge in [-0.15, -0.1) is 0 Å². The molecule has 0 spiro atoms. The van der Waals surface area contributed by atoms with Crippen LogP contribution < -0.4 is 5.32 Å². The van der Waals surface area contributed by atoms with E-state index < -0.39 is 0 Å². The molecular weight excluding hydrogens is 251 g/mol. The van der Waals surface area contributed by atoms with Gasteiger partial charge in [-0.2, -0.15) is 0 Å². The second kappa shape index (κ2) is 7.19. The smallest absolute Gasteiger partial charge is 0.123 e. The number of benzene rings is 1. The standard InChI is InChI=1S/C17H27FN2/c1-4-13(3)17-10-19-16(5-2)12-20(17)11-14-6-8-15(18)9-7-14/h6-9,13,16-17,19H,4-5,10-12H2,1-3H3. The summed E-state index contributed by atoms with van der Waals surface area (Å²) in [6, 6.07) is 8.10. The van der Waals surface area contributed by atoms with E-state index in [2.05, 4.69) is 31.0 Å². The maximum absolute atomic E-state index is 13.0. The zero-order chi connectivity index (χ0) is 14.5. The minimum atomic E-state index is -0.154. The lowest BCUT2D eigenvalue weighted by atomic mass is 9.93. The highest BCUT2D eigenvalue weighted by Crippen LogP contribution is 2.21. The van der Waals surface area contributed by atoms with Crippen molar-refractivity contribution in [2.45, 2.75) is 52.2 Å². The Bertz CT molecular complexity index is 404. The van der Waals surface area contributed by atoms with Crippen molar-refractivity contribution in [2.75, 3.05) is 13.1 Å². The van der Waals surface area contributed by atoms with Crippen LogP contribution in [0.25, 0.3) is 0 Å². The van der Waals surface area contributed by atoms with Gasteiger partial charge >= 0.3 is 0 Å². The van der Waals surface area contributed by atoms with Crippen LogP contribution in [0.1, 0.15) is 39.2 Å². The maximum Gasteiger partial charge on any atom is 0.123 e. The molecule has 112 valence electrons. The van der Waals surface area contributed by atoms with Crippen molar-refractivity contribution in [2.24, 2.45) is 5.92 Å². The first-order chi connectivity index (χ1) is 9.63. The normalized spacial score (nSPS) is 25.6. The van der Waals surface area contributed by atoms with Gasteiger partial charge in [0.15, 0.2) is 0 Å². The van der Waals surface area contributed by atoms with E-state index in [0.717, 1.165) is 26.1 Å². The molecule has 1 aliphatic heterocycles.